The summed E-state index contributed by atoms with van der Waals surface area (Å²) in [5.74, 6) is 1.47. The van der Waals surface area contributed by atoms with Gasteiger partial charge in [0.25, 0.3) is 0 Å². The van der Waals surface area contributed by atoms with Gasteiger partial charge < -0.3 is 15.8 Å². The van der Waals surface area contributed by atoms with Crippen LogP contribution in [0.25, 0.3) is 0 Å². The maximum atomic E-state index is 12.2. The highest BCUT2D eigenvalue weighted by atomic mass is 16.5. The topological polar surface area (TPSA) is 67.6 Å². The second kappa shape index (κ2) is 7.75. The summed E-state index contributed by atoms with van der Waals surface area (Å²) in [6.07, 6.45) is 5.08. The lowest BCUT2D eigenvalue weighted by molar-refractivity contribution is -0.129. The fourth-order valence-corrected chi connectivity index (χ4v) is 3.87. The van der Waals surface area contributed by atoms with Gasteiger partial charge in [-0.1, -0.05) is 6.07 Å². The molecular weight excluding hydrogens is 314 g/mol. The van der Waals surface area contributed by atoms with Gasteiger partial charge >= 0.3 is 0 Å². The zero-order chi connectivity index (χ0) is 17.9. The number of nitrogens with one attached hydrogen (secondary N) is 1. The third-order valence-corrected chi connectivity index (χ3v) is 5.80. The summed E-state index contributed by atoms with van der Waals surface area (Å²) in [5, 5.41) is 3.10. The van der Waals surface area contributed by atoms with E-state index < -0.39 is 5.54 Å². The van der Waals surface area contributed by atoms with Crippen LogP contribution >= 0.6 is 0 Å². The number of hydrogen-bond donors (Lipinski definition) is 2. The number of methoxy groups -OCH3 is 1. The number of likely N-dealkylation sites (tertiary alicyclic amines) is 1. The highest BCUT2D eigenvalue weighted by molar-refractivity contribution is 5.86. The molecule has 1 aromatic carbocycles. The molecule has 0 aromatic heterocycles. The molecule has 0 radical (unpaired) electrons. The van der Waals surface area contributed by atoms with Crippen LogP contribution in [0.15, 0.2) is 18.2 Å². The smallest absolute Gasteiger partial charge is 0.240 e. The minimum Gasteiger partial charge on any atom is -0.497 e. The molecule has 0 spiro atoms. The Kier molecular flexibility index (Phi) is 5.64. The minimum absolute atomic E-state index is 0.0434. The summed E-state index contributed by atoms with van der Waals surface area (Å²) >= 11 is 0. The maximum absolute atomic E-state index is 12.2. The summed E-state index contributed by atoms with van der Waals surface area (Å²) in [6.45, 7) is 6.00. The molecule has 1 saturated heterocycles. The number of ether oxygens (including phenoxy) is 1. The Morgan fingerprint density at radius 3 is 2.84 bits per heavy atom. The zero-order valence-electron chi connectivity index (χ0n) is 15.5. The number of piperidine rings is 1. The van der Waals surface area contributed by atoms with E-state index in [1.165, 1.54) is 24.0 Å². The quantitative estimate of drug-likeness (QED) is 0.829. The lowest BCUT2D eigenvalue weighted by Crippen LogP contribution is -2.59. The molecule has 138 valence electrons. The largest absolute Gasteiger partial charge is 0.497 e. The molecule has 1 unspecified atom stereocenters. The highest BCUT2D eigenvalue weighted by Crippen LogP contribution is 2.29. The fourth-order valence-electron chi connectivity index (χ4n) is 3.87. The van der Waals surface area contributed by atoms with Gasteiger partial charge in [0.1, 0.15) is 5.75 Å². The first kappa shape index (κ1) is 18.2. The monoisotopic (exact) mass is 345 g/mol. The molecule has 2 fully saturated rings. The van der Waals surface area contributed by atoms with Gasteiger partial charge in [-0.25, -0.2) is 0 Å². The van der Waals surface area contributed by atoms with Crippen LogP contribution in [0.2, 0.25) is 0 Å². The molecule has 1 atom stereocenters. The Hall–Kier alpha value is -1.59. The molecule has 1 aromatic rings. The molecule has 3 N–H and O–H groups in total. The molecular formula is C20H31N3O2. The van der Waals surface area contributed by atoms with E-state index in [0.717, 1.165) is 51.2 Å². The number of nitrogens with two attached hydrogens (primary N) is 1. The number of hydrogen-bond acceptors (Lipinski definition) is 4. The van der Waals surface area contributed by atoms with Crippen molar-refractivity contribution < 1.29 is 9.53 Å². The lowest BCUT2D eigenvalue weighted by atomic mass is 9.77. The number of carbonyl (C=O) groups is 1. The van der Waals surface area contributed by atoms with Crippen molar-refractivity contribution in [2.24, 2.45) is 11.7 Å². The van der Waals surface area contributed by atoms with Crippen LogP contribution in [-0.2, 0) is 11.3 Å². The number of aryl methyl sites for hydroxylation is 1. The van der Waals surface area contributed by atoms with Gasteiger partial charge in [0.05, 0.1) is 12.6 Å². The van der Waals surface area contributed by atoms with Gasteiger partial charge in [-0.3, -0.25) is 9.69 Å². The Balaban J connectivity index is 1.50. The van der Waals surface area contributed by atoms with E-state index in [4.69, 9.17) is 10.5 Å². The van der Waals surface area contributed by atoms with Crippen molar-refractivity contribution in [3.63, 3.8) is 0 Å². The molecule has 1 amide bonds. The predicted octanol–water partition coefficient (Wildman–Crippen LogP) is 2.21. The number of carbonyl (C=O) groups excluding carboxylic acids is 1. The summed E-state index contributed by atoms with van der Waals surface area (Å²) in [6, 6.07) is 6.29. The fraction of sp³-hybridized carbons (Fsp3) is 0.650. The molecule has 3 rings (SSSR count). The molecule has 5 nitrogen and oxygen atoms in total. The van der Waals surface area contributed by atoms with E-state index >= 15 is 0 Å². The Labute approximate surface area is 150 Å². The second-order valence-electron chi connectivity index (χ2n) is 7.76. The van der Waals surface area contributed by atoms with Crippen molar-refractivity contribution in [2.45, 2.75) is 51.1 Å². The van der Waals surface area contributed by atoms with Crippen LogP contribution in [0.4, 0.5) is 0 Å². The number of rotatable bonds is 6. The first-order valence-corrected chi connectivity index (χ1v) is 9.43. The molecule has 1 saturated carbocycles. The average molecular weight is 345 g/mol. The molecule has 1 aliphatic heterocycles. The van der Waals surface area contributed by atoms with Gasteiger partial charge in [-0.15, -0.1) is 0 Å². The minimum atomic E-state index is -0.589. The number of amides is 1. The molecule has 0 bridgehead atoms. The van der Waals surface area contributed by atoms with Gasteiger partial charge in [-0.2, -0.15) is 0 Å². The van der Waals surface area contributed by atoms with E-state index in [-0.39, 0.29) is 5.91 Å². The summed E-state index contributed by atoms with van der Waals surface area (Å²) < 4.78 is 5.29. The average Bonchev–Trinajstić information content (AvgIpc) is 2.59. The molecule has 1 heterocycles. The van der Waals surface area contributed by atoms with Crippen LogP contribution in [0.1, 0.15) is 43.2 Å². The van der Waals surface area contributed by atoms with E-state index in [1.807, 2.05) is 6.07 Å². The summed E-state index contributed by atoms with van der Waals surface area (Å²) in [4.78, 5) is 14.7. The van der Waals surface area contributed by atoms with Crippen LogP contribution in [0, 0.1) is 12.8 Å². The van der Waals surface area contributed by atoms with Crippen LogP contribution in [0.5, 0.6) is 5.75 Å². The summed E-state index contributed by atoms with van der Waals surface area (Å²) in [5.41, 5.74) is 8.13. The van der Waals surface area contributed by atoms with Crippen molar-refractivity contribution in [2.75, 3.05) is 26.7 Å². The molecule has 2 aliphatic rings. The Bertz CT molecular complexity index is 613. The van der Waals surface area contributed by atoms with Gasteiger partial charge in [0, 0.05) is 19.6 Å². The van der Waals surface area contributed by atoms with Crippen molar-refractivity contribution >= 4 is 5.91 Å². The first-order valence-electron chi connectivity index (χ1n) is 9.43. The van der Waals surface area contributed by atoms with Crippen LogP contribution in [-0.4, -0.2) is 43.1 Å². The van der Waals surface area contributed by atoms with Gasteiger partial charge in [0.2, 0.25) is 5.91 Å². The van der Waals surface area contributed by atoms with Crippen molar-refractivity contribution in [3.8, 4) is 5.75 Å². The predicted molar refractivity (Wildman–Crippen MR) is 99.5 cm³/mol. The highest BCUT2D eigenvalue weighted by Gasteiger charge is 2.40. The maximum Gasteiger partial charge on any atom is 0.240 e. The van der Waals surface area contributed by atoms with E-state index in [2.05, 4.69) is 29.3 Å². The summed E-state index contributed by atoms with van der Waals surface area (Å²) in [7, 11) is 1.70. The van der Waals surface area contributed by atoms with Gasteiger partial charge in [0.15, 0.2) is 0 Å². The molecule has 1 aliphatic carbocycles. The van der Waals surface area contributed by atoms with Crippen LogP contribution < -0.4 is 15.8 Å². The molecule has 25 heavy (non-hydrogen) atoms. The van der Waals surface area contributed by atoms with E-state index in [0.29, 0.717) is 5.92 Å². The molecule has 5 heteroatoms. The first-order chi connectivity index (χ1) is 12.0. The normalized spacial score (nSPS) is 22.9. The van der Waals surface area contributed by atoms with Crippen molar-refractivity contribution in [1.29, 1.82) is 0 Å². The second-order valence-corrected chi connectivity index (χ2v) is 7.76. The SMILES string of the molecule is COc1ccc(CN2CCCC(CNC(=O)C3(N)CCC3)C2)c(C)c1. The van der Waals surface area contributed by atoms with Crippen LogP contribution in [0.3, 0.4) is 0 Å². The zero-order valence-corrected chi connectivity index (χ0v) is 15.5. The van der Waals surface area contributed by atoms with E-state index in [9.17, 15) is 4.79 Å². The third-order valence-electron chi connectivity index (χ3n) is 5.80. The lowest BCUT2D eigenvalue weighted by Gasteiger charge is -2.37. The Morgan fingerprint density at radius 2 is 2.20 bits per heavy atom. The number of nitrogens with zero attached hydrogens (tertiary/aromatic N) is 1. The Morgan fingerprint density at radius 1 is 1.40 bits per heavy atom. The standard InChI is InChI=1S/C20H31N3O2/c1-15-11-18(25-2)7-6-17(15)14-23-10-3-5-16(13-23)12-22-19(24)20(21)8-4-9-20/h6-7,11,16H,3-5,8-10,12-14,21H2,1-2H3,(H,22,24). The third kappa shape index (κ3) is 4.33. The van der Waals surface area contributed by atoms with Crippen molar-refractivity contribution in [3.05, 3.63) is 29.3 Å². The van der Waals surface area contributed by atoms with Crippen molar-refractivity contribution in [1.82, 2.24) is 10.2 Å². The van der Waals surface area contributed by atoms with Gasteiger partial charge in [-0.05, 0) is 74.8 Å². The van der Waals surface area contributed by atoms with E-state index in [1.54, 1.807) is 7.11 Å². The number of benzene rings is 1.